The fourth-order valence-electron chi connectivity index (χ4n) is 2.08. The van der Waals surface area contributed by atoms with Gasteiger partial charge in [-0.05, 0) is 25.9 Å². The molecule has 0 aromatic heterocycles. The van der Waals surface area contributed by atoms with Crippen molar-refractivity contribution in [3.05, 3.63) is 0 Å². The third kappa shape index (κ3) is 15.4. The molecule has 0 aliphatic heterocycles. The second kappa shape index (κ2) is 16.4. The van der Waals surface area contributed by atoms with Gasteiger partial charge in [-0.2, -0.15) is 5.26 Å². The second-order valence-corrected chi connectivity index (χ2v) is 4.98. The average Bonchev–Trinajstić information content (AvgIpc) is 2.39. The van der Waals surface area contributed by atoms with Gasteiger partial charge in [-0.3, -0.25) is 0 Å². The lowest BCUT2D eigenvalue weighted by Gasteiger charge is -2.03. The summed E-state index contributed by atoms with van der Waals surface area (Å²) in [6, 6.07) is 2.14. The molecule has 0 aromatic carbocycles. The van der Waals surface area contributed by atoms with Crippen LogP contribution in [0.3, 0.4) is 0 Å². The molecule has 0 radical (unpaired) electrons. The Morgan fingerprint density at radius 3 is 1.72 bits per heavy atom. The first kappa shape index (κ1) is 17.4. The summed E-state index contributed by atoms with van der Waals surface area (Å²) in [5.74, 6) is 0. The molecule has 3 nitrogen and oxygen atoms in total. The summed E-state index contributed by atoms with van der Waals surface area (Å²) < 4.78 is 0. The number of rotatable bonds is 14. The number of nitrogens with one attached hydrogen (secondary N) is 1. The molecule has 0 bridgehead atoms. The Bertz CT molecular complexity index is 187. The molecule has 0 unspecified atom stereocenters. The predicted molar refractivity (Wildman–Crippen MR) is 78.3 cm³/mol. The summed E-state index contributed by atoms with van der Waals surface area (Å²) in [7, 11) is 0. The molecule has 0 rings (SSSR count). The summed E-state index contributed by atoms with van der Waals surface area (Å²) in [5, 5.41) is 11.6. The molecule has 0 fully saturated rings. The van der Waals surface area contributed by atoms with Crippen LogP contribution in [0.25, 0.3) is 0 Å². The van der Waals surface area contributed by atoms with Gasteiger partial charge in [-0.15, -0.1) is 0 Å². The van der Waals surface area contributed by atoms with Gasteiger partial charge in [0.25, 0.3) is 0 Å². The van der Waals surface area contributed by atoms with Crippen molar-refractivity contribution in [1.29, 1.82) is 5.26 Å². The van der Waals surface area contributed by atoms with E-state index in [1.54, 1.807) is 0 Å². The quantitative estimate of drug-likeness (QED) is 0.467. The Kier molecular flexibility index (Phi) is 15.9. The molecule has 0 aliphatic carbocycles. The third-order valence-corrected chi connectivity index (χ3v) is 3.22. The highest BCUT2D eigenvalue weighted by Crippen LogP contribution is 2.10. The Labute approximate surface area is 113 Å². The average molecular weight is 253 g/mol. The standard InChI is InChI=1S/C15H31N3/c16-12-9-7-5-3-1-2-4-6-8-10-14-18-15-11-13-17/h18H,1-12,14-16H2. The van der Waals surface area contributed by atoms with Crippen LogP contribution in [0.1, 0.15) is 70.6 Å². The minimum Gasteiger partial charge on any atom is -0.330 e. The summed E-state index contributed by atoms with van der Waals surface area (Å²) in [6.07, 6.45) is 14.0. The van der Waals surface area contributed by atoms with E-state index in [0.29, 0.717) is 6.42 Å². The van der Waals surface area contributed by atoms with E-state index in [1.165, 1.54) is 64.2 Å². The fourth-order valence-corrected chi connectivity index (χ4v) is 2.08. The smallest absolute Gasteiger partial charge is 0.0635 e. The van der Waals surface area contributed by atoms with Gasteiger partial charge in [0.15, 0.2) is 0 Å². The van der Waals surface area contributed by atoms with Crippen molar-refractivity contribution in [1.82, 2.24) is 5.32 Å². The zero-order valence-corrected chi connectivity index (χ0v) is 11.9. The van der Waals surface area contributed by atoms with Crippen molar-refractivity contribution < 1.29 is 0 Å². The minimum absolute atomic E-state index is 0.629. The summed E-state index contributed by atoms with van der Waals surface area (Å²) in [6.45, 7) is 2.77. The van der Waals surface area contributed by atoms with Crippen molar-refractivity contribution in [2.45, 2.75) is 70.6 Å². The van der Waals surface area contributed by atoms with Crippen LogP contribution >= 0.6 is 0 Å². The zero-order valence-electron chi connectivity index (χ0n) is 11.9. The molecule has 106 valence electrons. The van der Waals surface area contributed by atoms with Gasteiger partial charge in [-0.25, -0.2) is 0 Å². The number of unbranched alkanes of at least 4 members (excludes halogenated alkanes) is 9. The van der Waals surface area contributed by atoms with Crippen LogP contribution in [0.4, 0.5) is 0 Å². The minimum atomic E-state index is 0.629. The first-order valence-electron chi connectivity index (χ1n) is 7.69. The Hall–Kier alpha value is -0.590. The van der Waals surface area contributed by atoms with Crippen LogP contribution in [0, 0.1) is 11.3 Å². The Morgan fingerprint density at radius 2 is 1.22 bits per heavy atom. The third-order valence-electron chi connectivity index (χ3n) is 3.22. The highest BCUT2D eigenvalue weighted by Gasteiger charge is 1.93. The number of nitrogens with zero attached hydrogens (tertiary/aromatic N) is 1. The van der Waals surface area contributed by atoms with E-state index in [0.717, 1.165) is 19.6 Å². The van der Waals surface area contributed by atoms with Gasteiger partial charge in [0.05, 0.1) is 6.07 Å². The highest BCUT2D eigenvalue weighted by atomic mass is 14.8. The highest BCUT2D eigenvalue weighted by molar-refractivity contribution is 4.69. The first-order valence-corrected chi connectivity index (χ1v) is 7.69. The molecule has 3 N–H and O–H groups in total. The van der Waals surface area contributed by atoms with E-state index >= 15 is 0 Å². The van der Waals surface area contributed by atoms with Crippen LogP contribution in [-0.2, 0) is 0 Å². The maximum Gasteiger partial charge on any atom is 0.0635 e. The topological polar surface area (TPSA) is 61.8 Å². The summed E-state index contributed by atoms with van der Waals surface area (Å²) in [5.41, 5.74) is 5.45. The van der Waals surface area contributed by atoms with Gasteiger partial charge >= 0.3 is 0 Å². The Morgan fingerprint density at radius 1 is 0.722 bits per heavy atom. The largest absolute Gasteiger partial charge is 0.330 e. The van der Waals surface area contributed by atoms with Gasteiger partial charge in [-0.1, -0.05) is 51.4 Å². The van der Waals surface area contributed by atoms with E-state index in [-0.39, 0.29) is 0 Å². The van der Waals surface area contributed by atoms with Crippen molar-refractivity contribution in [2.24, 2.45) is 5.73 Å². The van der Waals surface area contributed by atoms with E-state index in [2.05, 4.69) is 11.4 Å². The maximum atomic E-state index is 8.36. The Balaban J connectivity index is 2.89. The van der Waals surface area contributed by atoms with Crippen LogP contribution in [0.5, 0.6) is 0 Å². The molecular weight excluding hydrogens is 222 g/mol. The van der Waals surface area contributed by atoms with E-state index in [4.69, 9.17) is 11.0 Å². The lowest BCUT2D eigenvalue weighted by atomic mass is 10.1. The molecule has 18 heavy (non-hydrogen) atoms. The van der Waals surface area contributed by atoms with Gasteiger partial charge in [0.2, 0.25) is 0 Å². The van der Waals surface area contributed by atoms with Crippen molar-refractivity contribution >= 4 is 0 Å². The molecule has 0 spiro atoms. The summed E-state index contributed by atoms with van der Waals surface area (Å²) in [4.78, 5) is 0. The molecule has 0 atom stereocenters. The van der Waals surface area contributed by atoms with Crippen molar-refractivity contribution in [2.75, 3.05) is 19.6 Å². The number of hydrogen-bond donors (Lipinski definition) is 2. The van der Waals surface area contributed by atoms with Crippen molar-refractivity contribution in [3.8, 4) is 6.07 Å². The van der Waals surface area contributed by atoms with Crippen LogP contribution in [-0.4, -0.2) is 19.6 Å². The van der Waals surface area contributed by atoms with E-state index in [9.17, 15) is 0 Å². The SMILES string of the molecule is N#CCCNCCCCCCCCCCCCN. The van der Waals surface area contributed by atoms with Gasteiger partial charge in [0, 0.05) is 13.0 Å². The number of nitrogens with two attached hydrogens (primary N) is 1. The molecule has 0 saturated carbocycles. The lowest BCUT2D eigenvalue weighted by molar-refractivity contribution is 0.542. The predicted octanol–water partition coefficient (Wildman–Crippen LogP) is 3.35. The van der Waals surface area contributed by atoms with Gasteiger partial charge in [0.1, 0.15) is 0 Å². The number of hydrogen-bond acceptors (Lipinski definition) is 3. The monoisotopic (exact) mass is 253 g/mol. The molecular formula is C15H31N3. The zero-order chi connectivity index (χ0) is 13.3. The molecule has 3 heteroatoms. The van der Waals surface area contributed by atoms with E-state index < -0.39 is 0 Å². The normalized spacial score (nSPS) is 10.4. The van der Waals surface area contributed by atoms with Crippen molar-refractivity contribution in [3.63, 3.8) is 0 Å². The first-order chi connectivity index (χ1) is 8.91. The molecule has 0 aromatic rings. The summed E-state index contributed by atoms with van der Waals surface area (Å²) >= 11 is 0. The van der Waals surface area contributed by atoms with Gasteiger partial charge < -0.3 is 11.1 Å². The van der Waals surface area contributed by atoms with Crippen LogP contribution < -0.4 is 11.1 Å². The van der Waals surface area contributed by atoms with Crippen LogP contribution in [0.15, 0.2) is 0 Å². The molecule has 0 saturated heterocycles. The maximum absolute atomic E-state index is 8.36. The lowest BCUT2D eigenvalue weighted by Crippen LogP contribution is -2.15. The second-order valence-electron chi connectivity index (χ2n) is 4.98. The van der Waals surface area contributed by atoms with Crippen LogP contribution in [0.2, 0.25) is 0 Å². The van der Waals surface area contributed by atoms with E-state index in [1.807, 2.05) is 0 Å². The number of nitriles is 1. The fraction of sp³-hybridized carbons (Fsp3) is 0.933. The molecule has 0 amide bonds. The molecule has 0 heterocycles. The molecule has 0 aliphatic rings.